The first-order valence-corrected chi connectivity index (χ1v) is 8.14. The molecule has 1 aromatic heterocycles. The van der Waals surface area contributed by atoms with Crippen molar-refractivity contribution in [2.24, 2.45) is 11.1 Å². The molecule has 4 heteroatoms. The number of carbonyl (C=O) groups excluding carboxylic acids is 1. The van der Waals surface area contributed by atoms with E-state index in [-0.39, 0.29) is 11.3 Å². The summed E-state index contributed by atoms with van der Waals surface area (Å²) in [7, 11) is 0. The van der Waals surface area contributed by atoms with E-state index in [0.29, 0.717) is 19.1 Å². The zero-order valence-corrected chi connectivity index (χ0v) is 13.6. The van der Waals surface area contributed by atoms with Gasteiger partial charge in [0.05, 0.1) is 0 Å². The standard InChI is InChI=1S/C17H29N3O/c1-4-10-19(13-17(2,3)12-18)16(21)15-9-6-11-20(15)14-7-5-8-14/h6,9,11,14H,4-5,7-8,10,12-13,18H2,1-3H3. The largest absolute Gasteiger partial charge is 0.340 e. The third kappa shape index (κ3) is 3.67. The van der Waals surface area contributed by atoms with E-state index in [1.807, 2.05) is 17.0 Å². The first kappa shape index (κ1) is 16.1. The molecule has 0 spiro atoms. The summed E-state index contributed by atoms with van der Waals surface area (Å²) in [5.74, 6) is 0.148. The minimum Gasteiger partial charge on any atom is -0.340 e. The van der Waals surface area contributed by atoms with Gasteiger partial charge in [-0.3, -0.25) is 4.79 Å². The molecule has 0 aliphatic heterocycles. The summed E-state index contributed by atoms with van der Waals surface area (Å²) in [5.41, 5.74) is 6.63. The van der Waals surface area contributed by atoms with Crippen molar-refractivity contribution in [1.29, 1.82) is 0 Å². The maximum absolute atomic E-state index is 12.9. The molecule has 1 aliphatic rings. The van der Waals surface area contributed by atoms with E-state index in [1.54, 1.807) is 0 Å². The molecule has 1 aromatic rings. The van der Waals surface area contributed by atoms with Crippen molar-refractivity contribution in [2.75, 3.05) is 19.6 Å². The maximum atomic E-state index is 12.9. The van der Waals surface area contributed by atoms with Gasteiger partial charge in [0.15, 0.2) is 0 Å². The van der Waals surface area contributed by atoms with E-state index in [9.17, 15) is 4.79 Å². The molecule has 1 saturated carbocycles. The van der Waals surface area contributed by atoms with Crippen molar-refractivity contribution < 1.29 is 4.79 Å². The van der Waals surface area contributed by atoms with Gasteiger partial charge in [-0.25, -0.2) is 0 Å². The lowest BCUT2D eigenvalue weighted by Crippen LogP contribution is -2.43. The fourth-order valence-corrected chi connectivity index (χ4v) is 2.82. The molecule has 1 heterocycles. The third-order valence-electron chi connectivity index (χ3n) is 4.42. The lowest BCUT2D eigenvalue weighted by Gasteiger charge is -2.34. The van der Waals surface area contributed by atoms with Crippen LogP contribution in [0.15, 0.2) is 18.3 Å². The number of hydrogen-bond donors (Lipinski definition) is 1. The van der Waals surface area contributed by atoms with E-state index in [1.165, 1.54) is 19.3 Å². The van der Waals surface area contributed by atoms with Crippen LogP contribution < -0.4 is 5.73 Å². The average Bonchev–Trinajstić information content (AvgIpc) is 2.84. The Hall–Kier alpha value is -1.29. The lowest BCUT2D eigenvalue weighted by molar-refractivity contribution is 0.0672. The number of nitrogens with zero attached hydrogens (tertiary/aromatic N) is 2. The monoisotopic (exact) mass is 291 g/mol. The molecule has 0 atom stereocenters. The van der Waals surface area contributed by atoms with Crippen molar-refractivity contribution in [3.8, 4) is 0 Å². The van der Waals surface area contributed by atoms with Gasteiger partial charge in [-0.2, -0.15) is 0 Å². The first-order chi connectivity index (χ1) is 9.98. The van der Waals surface area contributed by atoms with Crippen LogP contribution >= 0.6 is 0 Å². The smallest absolute Gasteiger partial charge is 0.270 e. The summed E-state index contributed by atoms with van der Waals surface area (Å²) in [6.45, 7) is 8.44. The molecule has 0 bridgehead atoms. The number of nitrogens with two attached hydrogens (primary N) is 1. The Balaban J connectivity index is 2.16. The maximum Gasteiger partial charge on any atom is 0.270 e. The minimum absolute atomic E-state index is 0.0429. The number of amides is 1. The van der Waals surface area contributed by atoms with Gasteiger partial charge in [-0.15, -0.1) is 0 Å². The van der Waals surface area contributed by atoms with E-state index in [2.05, 4.69) is 31.5 Å². The second-order valence-electron chi connectivity index (χ2n) is 6.98. The predicted octanol–water partition coefficient (Wildman–Crippen LogP) is 3.05. The molecule has 0 radical (unpaired) electrons. The molecule has 0 unspecified atom stereocenters. The Morgan fingerprint density at radius 2 is 2.19 bits per heavy atom. The van der Waals surface area contributed by atoms with Crippen molar-refractivity contribution >= 4 is 5.91 Å². The summed E-state index contributed by atoms with van der Waals surface area (Å²) < 4.78 is 2.17. The molecule has 118 valence electrons. The van der Waals surface area contributed by atoms with Crippen LogP contribution in [0.1, 0.15) is 63.0 Å². The van der Waals surface area contributed by atoms with E-state index in [0.717, 1.165) is 18.7 Å². The molecule has 21 heavy (non-hydrogen) atoms. The van der Waals surface area contributed by atoms with Crippen LogP contribution in [0.3, 0.4) is 0 Å². The van der Waals surface area contributed by atoms with Gasteiger partial charge in [-0.1, -0.05) is 20.8 Å². The van der Waals surface area contributed by atoms with Crippen LogP contribution in [0.5, 0.6) is 0 Å². The molecular formula is C17H29N3O. The molecule has 1 aliphatic carbocycles. The summed E-state index contributed by atoms with van der Waals surface area (Å²) in [6, 6.07) is 4.47. The third-order valence-corrected chi connectivity index (χ3v) is 4.42. The predicted molar refractivity (Wildman–Crippen MR) is 86.3 cm³/mol. The van der Waals surface area contributed by atoms with Crippen LogP contribution in [0.2, 0.25) is 0 Å². The van der Waals surface area contributed by atoms with E-state index >= 15 is 0 Å². The van der Waals surface area contributed by atoms with Crippen molar-refractivity contribution in [2.45, 2.75) is 52.5 Å². The Morgan fingerprint density at radius 1 is 1.48 bits per heavy atom. The Labute approximate surface area is 128 Å². The summed E-state index contributed by atoms with van der Waals surface area (Å²) >= 11 is 0. The van der Waals surface area contributed by atoms with Crippen molar-refractivity contribution in [3.05, 3.63) is 24.0 Å². The highest BCUT2D eigenvalue weighted by molar-refractivity contribution is 5.92. The molecule has 2 rings (SSSR count). The zero-order chi connectivity index (χ0) is 15.5. The summed E-state index contributed by atoms with van der Waals surface area (Å²) in [4.78, 5) is 14.9. The van der Waals surface area contributed by atoms with Crippen LogP contribution in [0, 0.1) is 5.41 Å². The molecule has 4 nitrogen and oxygen atoms in total. The van der Waals surface area contributed by atoms with Crippen LogP contribution in [0.4, 0.5) is 0 Å². The lowest BCUT2D eigenvalue weighted by atomic mass is 9.92. The topological polar surface area (TPSA) is 51.3 Å². The number of rotatable bonds is 7. The zero-order valence-electron chi connectivity index (χ0n) is 13.6. The van der Waals surface area contributed by atoms with E-state index in [4.69, 9.17) is 5.73 Å². The number of hydrogen-bond acceptors (Lipinski definition) is 2. The molecule has 1 amide bonds. The van der Waals surface area contributed by atoms with Gasteiger partial charge >= 0.3 is 0 Å². The normalized spacial score (nSPS) is 15.8. The second kappa shape index (κ2) is 6.65. The van der Waals surface area contributed by atoms with Gasteiger partial charge in [0.2, 0.25) is 0 Å². The molecular weight excluding hydrogens is 262 g/mol. The van der Waals surface area contributed by atoms with Crippen LogP contribution in [-0.4, -0.2) is 35.0 Å². The highest BCUT2D eigenvalue weighted by Crippen LogP contribution is 2.33. The molecule has 0 saturated heterocycles. The van der Waals surface area contributed by atoms with E-state index < -0.39 is 0 Å². The van der Waals surface area contributed by atoms with Crippen LogP contribution in [0.25, 0.3) is 0 Å². The molecule has 1 fully saturated rings. The highest BCUT2D eigenvalue weighted by atomic mass is 16.2. The average molecular weight is 291 g/mol. The van der Waals surface area contributed by atoms with Gasteiger partial charge < -0.3 is 15.2 Å². The Bertz CT molecular complexity index is 474. The Kier molecular flexibility index (Phi) is 5.09. The van der Waals surface area contributed by atoms with Crippen molar-refractivity contribution in [1.82, 2.24) is 9.47 Å². The fourth-order valence-electron chi connectivity index (χ4n) is 2.82. The van der Waals surface area contributed by atoms with Gasteiger partial charge in [-0.05, 0) is 49.8 Å². The Morgan fingerprint density at radius 3 is 2.71 bits per heavy atom. The fraction of sp³-hybridized carbons (Fsp3) is 0.706. The second-order valence-corrected chi connectivity index (χ2v) is 6.98. The highest BCUT2D eigenvalue weighted by Gasteiger charge is 2.28. The van der Waals surface area contributed by atoms with Gasteiger partial charge in [0, 0.05) is 25.3 Å². The summed E-state index contributed by atoms with van der Waals surface area (Å²) in [5, 5.41) is 0. The van der Waals surface area contributed by atoms with Gasteiger partial charge in [0.25, 0.3) is 5.91 Å². The van der Waals surface area contributed by atoms with Gasteiger partial charge in [0.1, 0.15) is 5.69 Å². The quantitative estimate of drug-likeness (QED) is 0.839. The number of carbonyl (C=O) groups is 1. The SMILES string of the molecule is CCCN(CC(C)(C)CN)C(=O)c1cccn1C1CCC1. The minimum atomic E-state index is -0.0429. The molecule has 0 aromatic carbocycles. The first-order valence-electron chi connectivity index (χ1n) is 8.14. The van der Waals surface area contributed by atoms with Crippen molar-refractivity contribution in [3.63, 3.8) is 0 Å². The number of aromatic nitrogens is 1. The molecule has 2 N–H and O–H groups in total. The van der Waals surface area contributed by atoms with Crippen LogP contribution in [-0.2, 0) is 0 Å². The summed E-state index contributed by atoms with van der Waals surface area (Å²) in [6.07, 6.45) is 6.68.